The first-order valence-electron chi connectivity index (χ1n) is 5.31. The van der Waals surface area contributed by atoms with Gasteiger partial charge < -0.3 is 0 Å². The van der Waals surface area contributed by atoms with Crippen LogP contribution >= 0.6 is 11.8 Å². The second kappa shape index (κ2) is 5.41. The average Bonchev–Trinajstić information content (AvgIpc) is 2.58. The molecule has 0 aromatic carbocycles. The second-order valence-corrected chi connectivity index (χ2v) is 6.93. The number of hydrogen-bond donors (Lipinski definition) is 1. The van der Waals surface area contributed by atoms with Gasteiger partial charge in [0.2, 0.25) is 10.0 Å². The normalized spacial score (nSPS) is 14.2. The molecule has 0 aliphatic rings. The number of aromatic nitrogens is 2. The third kappa shape index (κ3) is 2.83. The molecule has 0 saturated heterocycles. The van der Waals surface area contributed by atoms with Gasteiger partial charge in [0.1, 0.15) is 4.90 Å². The minimum Gasteiger partial charge on any atom is -0.281 e. The van der Waals surface area contributed by atoms with E-state index in [2.05, 4.69) is 10.2 Å². The van der Waals surface area contributed by atoms with Crippen LogP contribution in [0, 0.1) is 13.8 Å². The van der Waals surface area contributed by atoms with Crippen molar-refractivity contribution in [1.29, 1.82) is 0 Å². The molecule has 0 saturated carbocycles. The monoisotopic (exact) mass is 277 g/mol. The molecule has 0 radical (unpaired) electrons. The van der Waals surface area contributed by atoms with Gasteiger partial charge in [0.05, 0.1) is 11.4 Å². The molecule has 1 unspecified atom stereocenters. The molecular weight excluding hydrogens is 258 g/mol. The van der Waals surface area contributed by atoms with Crippen molar-refractivity contribution in [3.63, 3.8) is 0 Å². The maximum Gasteiger partial charge on any atom is 0.246 e. The summed E-state index contributed by atoms with van der Waals surface area (Å²) in [5.41, 5.74) is 1.11. The lowest BCUT2D eigenvalue weighted by Gasteiger charge is -2.23. The first-order chi connectivity index (χ1) is 7.82. The van der Waals surface area contributed by atoms with E-state index in [-0.39, 0.29) is 6.04 Å². The molecule has 0 bridgehead atoms. The van der Waals surface area contributed by atoms with E-state index in [0.29, 0.717) is 16.3 Å². The molecule has 0 spiro atoms. The van der Waals surface area contributed by atoms with E-state index in [4.69, 9.17) is 0 Å². The maximum absolute atomic E-state index is 12.4. The number of aryl methyl sites for hydroxylation is 2. The largest absolute Gasteiger partial charge is 0.281 e. The van der Waals surface area contributed by atoms with E-state index in [9.17, 15) is 8.42 Å². The predicted octanol–water partition coefficient (Wildman–Crippen LogP) is 1.40. The Bertz CT molecular complexity index is 462. The summed E-state index contributed by atoms with van der Waals surface area (Å²) in [6.07, 6.45) is 1.96. The van der Waals surface area contributed by atoms with Crippen molar-refractivity contribution in [3.05, 3.63) is 11.4 Å². The Hall–Kier alpha value is -0.530. The molecular formula is C10H19N3O2S2. The minimum atomic E-state index is -3.45. The third-order valence-corrected chi connectivity index (χ3v) is 5.78. The summed E-state index contributed by atoms with van der Waals surface area (Å²) in [5, 5.41) is 6.64. The van der Waals surface area contributed by atoms with Crippen molar-refractivity contribution < 1.29 is 8.42 Å². The fourth-order valence-corrected chi connectivity index (χ4v) is 4.14. The summed E-state index contributed by atoms with van der Waals surface area (Å²) in [7, 11) is -1.84. The van der Waals surface area contributed by atoms with Gasteiger partial charge in [0.15, 0.2) is 0 Å². The minimum absolute atomic E-state index is 0.0382. The highest BCUT2D eigenvalue weighted by Gasteiger charge is 2.29. The lowest BCUT2D eigenvalue weighted by atomic mass is 10.4. The van der Waals surface area contributed by atoms with Crippen molar-refractivity contribution in [2.24, 2.45) is 0 Å². The molecule has 17 heavy (non-hydrogen) atoms. The molecule has 7 heteroatoms. The molecule has 0 aliphatic carbocycles. The standard InChI is InChI=1S/C10H19N3O2S2/c1-7(6-16-5)13(4)17(14,15)10-8(2)11-12-9(10)3/h7H,6H2,1-5H3,(H,11,12). The number of thioether (sulfide) groups is 1. The van der Waals surface area contributed by atoms with Crippen LogP contribution in [0.2, 0.25) is 0 Å². The zero-order valence-corrected chi connectivity index (χ0v) is 12.4. The Kier molecular flexibility index (Phi) is 4.62. The van der Waals surface area contributed by atoms with E-state index >= 15 is 0 Å². The van der Waals surface area contributed by atoms with Crippen LogP contribution in [-0.2, 0) is 10.0 Å². The van der Waals surface area contributed by atoms with Crippen LogP contribution < -0.4 is 0 Å². The number of aromatic amines is 1. The molecule has 0 aliphatic heterocycles. The van der Waals surface area contributed by atoms with Crippen LogP contribution in [0.4, 0.5) is 0 Å². The topological polar surface area (TPSA) is 66.1 Å². The number of nitrogens with zero attached hydrogens (tertiary/aromatic N) is 2. The molecule has 1 aromatic heterocycles. The number of hydrogen-bond acceptors (Lipinski definition) is 4. The zero-order valence-electron chi connectivity index (χ0n) is 10.8. The quantitative estimate of drug-likeness (QED) is 0.883. The van der Waals surface area contributed by atoms with Crippen LogP contribution in [0.1, 0.15) is 18.3 Å². The van der Waals surface area contributed by atoms with Gasteiger partial charge in [-0.05, 0) is 27.0 Å². The molecule has 98 valence electrons. The Labute approximate surface area is 107 Å². The summed E-state index contributed by atoms with van der Waals surface area (Å²) in [4.78, 5) is 0.299. The first-order valence-corrected chi connectivity index (χ1v) is 8.14. The van der Waals surface area contributed by atoms with Crippen LogP contribution in [0.25, 0.3) is 0 Å². The van der Waals surface area contributed by atoms with Crippen LogP contribution in [0.3, 0.4) is 0 Å². The van der Waals surface area contributed by atoms with Gasteiger partial charge in [-0.3, -0.25) is 5.10 Å². The van der Waals surface area contributed by atoms with Crippen LogP contribution in [0.5, 0.6) is 0 Å². The van der Waals surface area contributed by atoms with E-state index in [1.54, 1.807) is 32.7 Å². The second-order valence-electron chi connectivity index (χ2n) is 4.09. The number of sulfonamides is 1. The molecule has 1 heterocycles. The van der Waals surface area contributed by atoms with Gasteiger partial charge in [-0.25, -0.2) is 8.42 Å². The van der Waals surface area contributed by atoms with Gasteiger partial charge in [-0.2, -0.15) is 21.2 Å². The predicted molar refractivity (Wildman–Crippen MR) is 70.9 cm³/mol. The fraction of sp³-hybridized carbons (Fsp3) is 0.700. The highest BCUT2D eigenvalue weighted by atomic mass is 32.2. The van der Waals surface area contributed by atoms with E-state index < -0.39 is 10.0 Å². The Morgan fingerprint density at radius 2 is 2.06 bits per heavy atom. The molecule has 1 atom stereocenters. The van der Waals surface area contributed by atoms with E-state index in [1.165, 1.54) is 4.31 Å². The summed E-state index contributed by atoms with van der Waals surface area (Å²) < 4.78 is 26.2. The number of nitrogens with one attached hydrogen (secondary N) is 1. The van der Waals surface area contributed by atoms with Crippen molar-refractivity contribution in [2.45, 2.75) is 31.7 Å². The summed E-state index contributed by atoms with van der Waals surface area (Å²) in [6.45, 7) is 5.32. The van der Waals surface area contributed by atoms with Gasteiger partial charge in [0, 0.05) is 18.8 Å². The molecule has 0 fully saturated rings. The highest BCUT2D eigenvalue weighted by Crippen LogP contribution is 2.22. The summed E-state index contributed by atoms with van der Waals surface area (Å²) >= 11 is 1.63. The molecule has 1 N–H and O–H groups in total. The Morgan fingerprint density at radius 1 is 1.47 bits per heavy atom. The lowest BCUT2D eigenvalue weighted by molar-refractivity contribution is 0.414. The van der Waals surface area contributed by atoms with Gasteiger partial charge in [-0.15, -0.1) is 0 Å². The third-order valence-electron chi connectivity index (χ3n) is 2.73. The summed E-state index contributed by atoms with van der Waals surface area (Å²) in [6, 6.07) is -0.0382. The maximum atomic E-state index is 12.4. The first kappa shape index (κ1) is 14.5. The van der Waals surface area contributed by atoms with Gasteiger partial charge in [0.25, 0.3) is 0 Å². The molecule has 5 nitrogen and oxygen atoms in total. The summed E-state index contributed by atoms with van der Waals surface area (Å²) in [5.74, 6) is 0.770. The Balaban J connectivity index is 3.12. The fourth-order valence-electron chi connectivity index (χ4n) is 1.65. The SMILES string of the molecule is CSCC(C)N(C)S(=O)(=O)c1c(C)n[nH]c1C. The van der Waals surface area contributed by atoms with Gasteiger partial charge in [-0.1, -0.05) is 0 Å². The van der Waals surface area contributed by atoms with Crippen LogP contribution in [-0.4, -0.2) is 48.0 Å². The molecule has 0 amide bonds. The van der Waals surface area contributed by atoms with E-state index in [1.807, 2.05) is 13.2 Å². The lowest BCUT2D eigenvalue weighted by Crippen LogP contribution is -2.37. The number of rotatable bonds is 5. The van der Waals surface area contributed by atoms with Crippen molar-refractivity contribution in [3.8, 4) is 0 Å². The van der Waals surface area contributed by atoms with Crippen molar-refractivity contribution >= 4 is 21.8 Å². The Morgan fingerprint density at radius 3 is 2.47 bits per heavy atom. The highest BCUT2D eigenvalue weighted by molar-refractivity contribution is 7.98. The van der Waals surface area contributed by atoms with Crippen molar-refractivity contribution in [1.82, 2.24) is 14.5 Å². The average molecular weight is 277 g/mol. The van der Waals surface area contributed by atoms with Gasteiger partial charge >= 0.3 is 0 Å². The smallest absolute Gasteiger partial charge is 0.246 e. The zero-order chi connectivity index (χ0) is 13.2. The van der Waals surface area contributed by atoms with Crippen LogP contribution in [0.15, 0.2) is 4.90 Å². The van der Waals surface area contributed by atoms with Crippen molar-refractivity contribution in [2.75, 3.05) is 19.1 Å². The molecule has 1 aromatic rings. The number of H-pyrrole nitrogens is 1. The molecule has 1 rings (SSSR count). The van der Waals surface area contributed by atoms with E-state index in [0.717, 1.165) is 5.75 Å².